The number of aromatic hydroxyl groups is 2. The van der Waals surface area contributed by atoms with Crippen LogP contribution in [0.1, 0.15) is 115 Å². The Hall–Kier alpha value is -1.18. The van der Waals surface area contributed by atoms with Gasteiger partial charge >= 0.3 is 0 Å². The largest absolute Gasteiger partial charge is 0.504 e. The van der Waals surface area contributed by atoms with Gasteiger partial charge in [-0.1, -0.05) is 20.8 Å². The number of hydrogen-bond acceptors (Lipinski definition) is 2. The van der Waals surface area contributed by atoms with Crippen molar-refractivity contribution in [1.29, 1.82) is 0 Å². The van der Waals surface area contributed by atoms with Gasteiger partial charge in [0.1, 0.15) is 0 Å². The second-order valence-corrected chi connectivity index (χ2v) is 14.7. The topological polar surface area (TPSA) is 40.5 Å². The molecule has 8 saturated carbocycles. The maximum Gasteiger partial charge on any atom is 0.161 e. The third kappa shape index (κ3) is 2.70. The smallest absolute Gasteiger partial charge is 0.161 e. The monoisotopic (exact) mass is 434 g/mol. The Bertz CT molecular complexity index is 893. The summed E-state index contributed by atoms with van der Waals surface area (Å²) in [6.07, 6.45) is 16.2. The molecule has 9 rings (SSSR count). The van der Waals surface area contributed by atoms with Gasteiger partial charge in [0.05, 0.1) is 0 Å². The molecule has 0 atom stereocenters. The van der Waals surface area contributed by atoms with Gasteiger partial charge in [-0.3, -0.25) is 0 Å². The fourth-order valence-electron chi connectivity index (χ4n) is 11.2. The molecule has 0 amide bonds. The lowest BCUT2D eigenvalue weighted by atomic mass is 9.45. The Labute approximate surface area is 194 Å². The second kappa shape index (κ2) is 6.28. The lowest BCUT2D eigenvalue weighted by Crippen LogP contribution is -2.51. The van der Waals surface area contributed by atoms with Gasteiger partial charge in [0.15, 0.2) is 11.5 Å². The summed E-state index contributed by atoms with van der Waals surface area (Å²) in [5.41, 5.74) is 4.40. The van der Waals surface area contributed by atoms with Crippen LogP contribution in [0, 0.1) is 35.5 Å². The first-order valence-electron chi connectivity index (χ1n) is 13.7. The summed E-state index contributed by atoms with van der Waals surface area (Å²) in [5, 5.41) is 22.8. The van der Waals surface area contributed by atoms with Crippen LogP contribution in [-0.4, -0.2) is 10.2 Å². The van der Waals surface area contributed by atoms with E-state index < -0.39 is 0 Å². The van der Waals surface area contributed by atoms with Crippen LogP contribution in [0.5, 0.6) is 11.5 Å². The van der Waals surface area contributed by atoms with Gasteiger partial charge in [-0.2, -0.15) is 0 Å². The third-order valence-corrected chi connectivity index (χ3v) is 11.2. The van der Waals surface area contributed by atoms with E-state index in [4.69, 9.17) is 0 Å². The van der Waals surface area contributed by atoms with Gasteiger partial charge in [0, 0.05) is 11.0 Å². The molecule has 0 heterocycles. The van der Waals surface area contributed by atoms with Gasteiger partial charge in [-0.05, 0) is 141 Å². The number of rotatable bonds is 2. The first-order valence-corrected chi connectivity index (χ1v) is 13.7. The molecular formula is C30H42O2. The quantitative estimate of drug-likeness (QED) is 0.478. The highest BCUT2D eigenvalue weighted by Crippen LogP contribution is 2.67. The van der Waals surface area contributed by atoms with Gasteiger partial charge < -0.3 is 10.2 Å². The van der Waals surface area contributed by atoms with Crippen LogP contribution in [0.3, 0.4) is 0 Å². The Morgan fingerprint density at radius 3 is 1.41 bits per heavy atom. The second-order valence-electron chi connectivity index (χ2n) is 14.7. The first-order chi connectivity index (χ1) is 15.1. The zero-order valence-electron chi connectivity index (χ0n) is 20.4. The van der Waals surface area contributed by atoms with Crippen molar-refractivity contribution < 1.29 is 10.2 Å². The standard InChI is InChI=1S/C30H42O2/c1-28(2,3)25-23(29-11-17-4-18(12-29)6-19(5-17)13-29)10-24(31)27(32)26(25)30-14-20-7-21(15-30)9-22(8-20)16-30/h10,17-22,31-32H,4-9,11-16H2,1-3H3. The molecule has 174 valence electrons. The molecule has 8 bridgehead atoms. The van der Waals surface area contributed by atoms with Crippen molar-refractivity contribution in [2.75, 3.05) is 0 Å². The summed E-state index contributed by atoms with van der Waals surface area (Å²) in [6.45, 7) is 7.10. The van der Waals surface area contributed by atoms with Crippen molar-refractivity contribution in [3.8, 4) is 11.5 Å². The molecule has 2 nitrogen and oxygen atoms in total. The minimum Gasteiger partial charge on any atom is -0.504 e. The van der Waals surface area contributed by atoms with Crippen LogP contribution in [0.25, 0.3) is 0 Å². The molecule has 32 heavy (non-hydrogen) atoms. The maximum atomic E-state index is 11.6. The number of benzene rings is 1. The van der Waals surface area contributed by atoms with Crippen molar-refractivity contribution in [2.24, 2.45) is 35.5 Å². The van der Waals surface area contributed by atoms with Crippen LogP contribution >= 0.6 is 0 Å². The summed E-state index contributed by atoms with van der Waals surface area (Å²) in [6, 6.07) is 2.05. The van der Waals surface area contributed by atoms with Gasteiger partial charge in [0.25, 0.3) is 0 Å². The molecule has 8 aliphatic rings. The van der Waals surface area contributed by atoms with Crippen molar-refractivity contribution in [1.82, 2.24) is 0 Å². The molecular weight excluding hydrogens is 392 g/mol. The highest BCUT2D eigenvalue weighted by atomic mass is 16.3. The predicted molar refractivity (Wildman–Crippen MR) is 128 cm³/mol. The number of phenols is 2. The molecule has 0 radical (unpaired) electrons. The summed E-state index contributed by atoms with van der Waals surface area (Å²) < 4.78 is 0. The molecule has 0 aliphatic heterocycles. The molecule has 1 aromatic carbocycles. The van der Waals surface area contributed by atoms with E-state index in [-0.39, 0.29) is 27.7 Å². The molecule has 2 heteroatoms. The van der Waals surface area contributed by atoms with Crippen molar-refractivity contribution >= 4 is 0 Å². The van der Waals surface area contributed by atoms with E-state index >= 15 is 0 Å². The van der Waals surface area contributed by atoms with Crippen LogP contribution in [-0.2, 0) is 16.2 Å². The van der Waals surface area contributed by atoms with E-state index in [2.05, 4.69) is 20.8 Å². The SMILES string of the molecule is CC(C)(C)c1c(C23CC4CC(CC(C4)C2)C3)cc(O)c(O)c1C12CC3CC(CC(C3)C1)C2. The molecule has 2 N–H and O–H groups in total. The molecule has 0 aromatic heterocycles. The highest BCUT2D eigenvalue weighted by molar-refractivity contribution is 5.61. The average Bonchev–Trinajstić information content (AvgIpc) is 2.66. The fourth-order valence-corrected chi connectivity index (χ4v) is 11.2. The van der Waals surface area contributed by atoms with E-state index in [1.165, 1.54) is 93.7 Å². The van der Waals surface area contributed by atoms with Gasteiger partial charge in [0.2, 0.25) is 0 Å². The Balaban J connectivity index is 1.46. The van der Waals surface area contributed by atoms with Crippen LogP contribution in [0.15, 0.2) is 6.07 Å². The lowest BCUT2D eigenvalue weighted by Gasteiger charge is -2.60. The normalized spacial score (nSPS) is 46.2. The van der Waals surface area contributed by atoms with E-state index in [0.717, 1.165) is 35.5 Å². The Morgan fingerprint density at radius 1 is 0.656 bits per heavy atom. The van der Waals surface area contributed by atoms with Crippen LogP contribution < -0.4 is 0 Å². The zero-order chi connectivity index (χ0) is 22.0. The zero-order valence-corrected chi connectivity index (χ0v) is 20.4. The highest BCUT2D eigenvalue weighted by Gasteiger charge is 2.57. The predicted octanol–water partition coefficient (Wildman–Crippen LogP) is 7.33. The molecule has 8 aliphatic carbocycles. The summed E-state index contributed by atoms with van der Waals surface area (Å²) >= 11 is 0. The number of hydrogen-bond donors (Lipinski definition) is 2. The first kappa shape index (κ1) is 20.2. The van der Waals surface area contributed by atoms with Crippen molar-refractivity contribution in [2.45, 2.75) is 114 Å². The van der Waals surface area contributed by atoms with E-state index in [0.29, 0.717) is 0 Å². The van der Waals surface area contributed by atoms with Gasteiger partial charge in [-0.25, -0.2) is 0 Å². The van der Waals surface area contributed by atoms with Gasteiger partial charge in [-0.15, -0.1) is 0 Å². The fraction of sp³-hybridized carbons (Fsp3) is 0.800. The van der Waals surface area contributed by atoms with E-state index in [1.807, 2.05) is 6.07 Å². The third-order valence-electron chi connectivity index (χ3n) is 11.2. The summed E-state index contributed by atoms with van der Waals surface area (Å²) in [7, 11) is 0. The van der Waals surface area contributed by atoms with Crippen molar-refractivity contribution in [3.05, 3.63) is 22.8 Å². The average molecular weight is 435 g/mol. The van der Waals surface area contributed by atoms with Crippen LogP contribution in [0.2, 0.25) is 0 Å². The molecule has 0 spiro atoms. The molecule has 1 aromatic rings. The number of phenolic OH excluding ortho intramolecular Hbond substituents is 2. The molecule has 8 fully saturated rings. The minimum absolute atomic E-state index is 0.0253. The van der Waals surface area contributed by atoms with Crippen molar-refractivity contribution in [3.63, 3.8) is 0 Å². The van der Waals surface area contributed by atoms with E-state index in [9.17, 15) is 10.2 Å². The molecule has 0 unspecified atom stereocenters. The summed E-state index contributed by atoms with van der Waals surface area (Å²) in [5.74, 6) is 5.56. The summed E-state index contributed by atoms with van der Waals surface area (Å²) in [4.78, 5) is 0. The Kier molecular flexibility index (Phi) is 3.96. The molecule has 0 saturated heterocycles. The lowest BCUT2D eigenvalue weighted by molar-refractivity contribution is -0.0107. The van der Waals surface area contributed by atoms with Crippen LogP contribution in [0.4, 0.5) is 0 Å². The Morgan fingerprint density at radius 2 is 1.03 bits per heavy atom. The maximum absolute atomic E-state index is 11.6. The minimum atomic E-state index is -0.0253. The van der Waals surface area contributed by atoms with E-state index in [1.54, 1.807) is 0 Å².